The van der Waals surface area contributed by atoms with Crippen molar-refractivity contribution in [1.82, 2.24) is 14.5 Å². The topological polar surface area (TPSA) is 58.7 Å². The molecule has 0 aliphatic heterocycles. The molecule has 0 atom stereocenters. The number of rotatable bonds is 12. The maximum absolute atomic E-state index is 5.28. The second-order valence-electron chi connectivity index (χ2n) is 18.5. The summed E-state index contributed by atoms with van der Waals surface area (Å²) < 4.78 is 4.53. The molecule has 0 amide bonds. The molecule has 0 radical (unpaired) electrons. The number of nitrogens with zero attached hydrogens (tertiary/aromatic N) is 4. The third-order valence-corrected chi connectivity index (χ3v) is 11.3. The molecule has 0 spiro atoms. The molecule has 0 saturated heterocycles. The summed E-state index contributed by atoms with van der Waals surface area (Å²) in [5, 5.41) is 7.05. The molecular formula is C55H69IN6. The van der Waals surface area contributed by atoms with Crippen molar-refractivity contribution in [3.8, 4) is 28.2 Å². The first-order valence-corrected chi connectivity index (χ1v) is 22.4. The molecule has 0 fully saturated rings. The predicted octanol–water partition coefficient (Wildman–Crippen LogP) is 12.0. The van der Waals surface area contributed by atoms with Gasteiger partial charge in [-0.25, -0.2) is 14.5 Å². The van der Waals surface area contributed by atoms with E-state index in [2.05, 4.69) is 214 Å². The van der Waals surface area contributed by atoms with Crippen LogP contribution in [0.1, 0.15) is 146 Å². The Bertz CT molecular complexity index is 2510. The highest BCUT2D eigenvalue weighted by atomic mass is 127. The number of fused-ring (bicyclic) bond motifs is 1. The number of hydrogen-bond acceptors (Lipinski definition) is 4. The fourth-order valence-corrected chi connectivity index (χ4v) is 8.27. The maximum atomic E-state index is 5.28. The molecule has 0 aliphatic carbocycles. The smallest absolute Gasteiger partial charge is 0.274 e. The van der Waals surface area contributed by atoms with Gasteiger partial charge in [0.05, 0.1) is 23.1 Å². The largest absolute Gasteiger partial charge is 1.00 e. The predicted molar refractivity (Wildman–Crippen MR) is 261 cm³/mol. The Balaban J connectivity index is 0.000000231. The summed E-state index contributed by atoms with van der Waals surface area (Å²) in [5.74, 6) is 2.59. The standard InChI is InChI=1S/C28H34N3.C27H35N3.HI/c1-18(2)23-15-21(7)16-24(19(3)4)27(23)25-13-14-26-28(29-25)31(17-30(26)20(5)6)22-11-9-8-10-12-22;1-17(2)22-15-20(7)16-23(18(3)4)26(22)24-13-14-25(28-19(5)6)27(30-24)29-21-11-9-8-10-12-21;/h8-20H,1-7H3;8-19,28H,1-7H3,(H,29,30);1H/q+1;;/p-1. The van der Waals surface area contributed by atoms with Crippen LogP contribution in [0.5, 0.6) is 0 Å². The number of pyridine rings is 2. The Morgan fingerprint density at radius 2 is 0.984 bits per heavy atom. The molecule has 7 aromatic rings. The van der Waals surface area contributed by atoms with Gasteiger partial charge < -0.3 is 34.6 Å². The molecule has 0 unspecified atom stereocenters. The summed E-state index contributed by atoms with van der Waals surface area (Å²) in [5.41, 5.74) is 18.1. The summed E-state index contributed by atoms with van der Waals surface area (Å²) in [4.78, 5) is 10.4. The van der Waals surface area contributed by atoms with E-state index in [1.807, 2.05) is 18.2 Å². The number of hydrogen-bond donors (Lipinski definition) is 2. The van der Waals surface area contributed by atoms with Gasteiger partial charge >= 0.3 is 0 Å². The molecule has 3 heterocycles. The van der Waals surface area contributed by atoms with Gasteiger partial charge in [-0.1, -0.05) is 127 Å². The molecule has 6 nitrogen and oxygen atoms in total. The van der Waals surface area contributed by atoms with E-state index in [0.717, 1.165) is 45.4 Å². The lowest BCUT2D eigenvalue weighted by atomic mass is 9.85. The summed E-state index contributed by atoms with van der Waals surface area (Å²) in [7, 11) is 0. The van der Waals surface area contributed by atoms with E-state index in [-0.39, 0.29) is 24.0 Å². The average molecular weight is 941 g/mol. The van der Waals surface area contributed by atoms with E-state index in [1.165, 1.54) is 44.5 Å². The third-order valence-electron chi connectivity index (χ3n) is 11.3. The first-order valence-electron chi connectivity index (χ1n) is 22.4. The van der Waals surface area contributed by atoms with Crippen LogP contribution in [0.25, 0.3) is 39.4 Å². The number of para-hydroxylation sites is 2. The molecule has 62 heavy (non-hydrogen) atoms. The van der Waals surface area contributed by atoms with Crippen LogP contribution in [0.3, 0.4) is 0 Å². The molecule has 326 valence electrons. The SMILES string of the molecule is Cc1cc(C(C)C)c(-c2ccc(NC(C)C)c(Nc3ccccc3)n2)c(C(C)C)c1.Cc1cc(C(C)C)c(-c2ccc3c(n2)n(-c2ccccc2)c[n+]3C(C)C)c(C(C)C)c1.[I-]. The van der Waals surface area contributed by atoms with E-state index in [0.29, 0.717) is 35.8 Å². The molecule has 3 aromatic heterocycles. The van der Waals surface area contributed by atoms with Gasteiger partial charge in [-0.05, 0) is 136 Å². The van der Waals surface area contributed by atoms with Crippen molar-refractivity contribution in [2.75, 3.05) is 10.6 Å². The van der Waals surface area contributed by atoms with Crippen LogP contribution in [-0.4, -0.2) is 20.6 Å². The van der Waals surface area contributed by atoms with E-state index in [4.69, 9.17) is 9.97 Å². The van der Waals surface area contributed by atoms with Gasteiger partial charge in [0.1, 0.15) is 5.69 Å². The van der Waals surface area contributed by atoms with Gasteiger partial charge in [-0.15, -0.1) is 0 Å². The second kappa shape index (κ2) is 20.9. The van der Waals surface area contributed by atoms with E-state index >= 15 is 0 Å². The quantitative estimate of drug-likeness (QED) is 0.0947. The van der Waals surface area contributed by atoms with Crippen LogP contribution in [-0.2, 0) is 0 Å². The highest BCUT2D eigenvalue weighted by Gasteiger charge is 2.25. The van der Waals surface area contributed by atoms with Crippen LogP contribution >= 0.6 is 0 Å². The van der Waals surface area contributed by atoms with Crippen LogP contribution in [0, 0.1) is 13.8 Å². The van der Waals surface area contributed by atoms with Gasteiger partial charge in [-0.2, -0.15) is 4.57 Å². The minimum Gasteiger partial charge on any atom is -1.00 e. The normalized spacial score (nSPS) is 11.5. The van der Waals surface area contributed by atoms with Crippen LogP contribution < -0.4 is 39.2 Å². The molecular weight excluding hydrogens is 872 g/mol. The van der Waals surface area contributed by atoms with Crippen molar-refractivity contribution in [2.24, 2.45) is 0 Å². The first-order chi connectivity index (χ1) is 29.0. The Morgan fingerprint density at radius 1 is 0.532 bits per heavy atom. The van der Waals surface area contributed by atoms with Crippen LogP contribution in [0.15, 0.2) is 116 Å². The molecule has 4 aromatic carbocycles. The lowest BCUT2D eigenvalue weighted by molar-refractivity contribution is -0.691. The number of anilines is 3. The van der Waals surface area contributed by atoms with Crippen molar-refractivity contribution < 1.29 is 28.5 Å². The Hall–Kier alpha value is -5.02. The zero-order chi connectivity index (χ0) is 44.1. The summed E-state index contributed by atoms with van der Waals surface area (Å²) in [6, 6.07) is 39.5. The molecule has 7 heteroatoms. The van der Waals surface area contributed by atoms with Crippen molar-refractivity contribution >= 4 is 28.4 Å². The molecule has 2 N–H and O–H groups in total. The molecule has 0 bridgehead atoms. The fraction of sp³-hybridized carbons (Fsp3) is 0.364. The van der Waals surface area contributed by atoms with Crippen molar-refractivity contribution in [2.45, 2.75) is 133 Å². The van der Waals surface area contributed by atoms with Crippen molar-refractivity contribution in [1.29, 1.82) is 0 Å². The van der Waals surface area contributed by atoms with Crippen LogP contribution in [0.4, 0.5) is 17.2 Å². The Kier molecular flexibility index (Phi) is 16.2. The molecule has 7 rings (SSSR count). The van der Waals surface area contributed by atoms with E-state index in [1.54, 1.807) is 0 Å². The highest BCUT2D eigenvalue weighted by Crippen LogP contribution is 2.39. The fourth-order valence-electron chi connectivity index (χ4n) is 8.27. The number of imidazole rings is 1. The van der Waals surface area contributed by atoms with Crippen LogP contribution in [0.2, 0.25) is 0 Å². The number of aromatic nitrogens is 4. The van der Waals surface area contributed by atoms with E-state index < -0.39 is 0 Å². The summed E-state index contributed by atoms with van der Waals surface area (Å²) in [6.45, 7) is 31.3. The first kappa shape index (κ1) is 48.0. The Labute approximate surface area is 389 Å². The number of halogens is 1. The molecule has 0 aliphatic rings. The Morgan fingerprint density at radius 3 is 1.44 bits per heavy atom. The van der Waals surface area contributed by atoms with Gasteiger partial charge in [0.25, 0.3) is 12.0 Å². The second-order valence-corrected chi connectivity index (χ2v) is 18.5. The number of aryl methyl sites for hydroxylation is 2. The highest BCUT2D eigenvalue weighted by molar-refractivity contribution is 5.79. The zero-order valence-corrected chi connectivity index (χ0v) is 41.8. The minimum absolute atomic E-state index is 0. The summed E-state index contributed by atoms with van der Waals surface area (Å²) >= 11 is 0. The van der Waals surface area contributed by atoms with Gasteiger partial charge in [-0.3, -0.25) is 0 Å². The van der Waals surface area contributed by atoms with Gasteiger partial charge in [0, 0.05) is 22.9 Å². The lowest BCUT2D eigenvalue weighted by Gasteiger charge is -2.22. The summed E-state index contributed by atoms with van der Waals surface area (Å²) in [6.07, 6.45) is 2.18. The molecule has 0 saturated carbocycles. The number of nitrogens with one attached hydrogen (secondary N) is 2. The van der Waals surface area contributed by atoms with Crippen molar-refractivity contribution in [3.63, 3.8) is 0 Å². The maximum Gasteiger partial charge on any atom is 0.274 e. The lowest BCUT2D eigenvalue weighted by Crippen LogP contribution is -3.00. The van der Waals surface area contributed by atoms with Crippen molar-refractivity contribution in [3.05, 3.63) is 149 Å². The van der Waals surface area contributed by atoms with Gasteiger partial charge in [0.15, 0.2) is 11.3 Å². The monoisotopic (exact) mass is 940 g/mol. The van der Waals surface area contributed by atoms with Gasteiger partial charge in [0.2, 0.25) is 0 Å². The average Bonchev–Trinajstić information content (AvgIpc) is 3.61. The minimum atomic E-state index is 0. The zero-order valence-electron chi connectivity index (χ0n) is 39.6. The van der Waals surface area contributed by atoms with E-state index in [9.17, 15) is 0 Å². The number of benzene rings is 4. The third kappa shape index (κ3) is 10.9.